The number of hydrogen-bond donors (Lipinski definition) is 0. The third-order valence-corrected chi connectivity index (χ3v) is 5.09. The van der Waals surface area contributed by atoms with Crippen LogP contribution in [0.5, 0.6) is 0 Å². The largest absolute Gasteiger partial charge is 0.353 e. The molecule has 1 amide bonds. The van der Waals surface area contributed by atoms with Crippen molar-refractivity contribution in [3.8, 4) is 11.4 Å². The Morgan fingerprint density at radius 2 is 2.00 bits per heavy atom. The molecule has 1 saturated heterocycles. The Balaban J connectivity index is 1.22. The van der Waals surface area contributed by atoms with Crippen LogP contribution >= 0.6 is 0 Å². The van der Waals surface area contributed by atoms with Gasteiger partial charge in [-0.25, -0.2) is 4.98 Å². The summed E-state index contributed by atoms with van der Waals surface area (Å²) < 4.78 is 6.85. The van der Waals surface area contributed by atoms with Crippen LogP contribution in [0.3, 0.4) is 0 Å². The van der Waals surface area contributed by atoms with Gasteiger partial charge in [0.1, 0.15) is 5.82 Å². The van der Waals surface area contributed by atoms with Crippen molar-refractivity contribution >= 4 is 11.7 Å². The summed E-state index contributed by atoms with van der Waals surface area (Å²) in [6.45, 7) is 2.67. The van der Waals surface area contributed by atoms with Crippen LogP contribution in [0, 0.1) is 0 Å². The Hall–Kier alpha value is -3.30. The van der Waals surface area contributed by atoms with Gasteiger partial charge < -0.3 is 14.3 Å². The van der Waals surface area contributed by atoms with E-state index in [0.717, 1.165) is 30.1 Å². The first-order chi connectivity index (χ1) is 13.7. The normalized spacial score (nSPS) is 17.2. The Kier molecular flexibility index (Phi) is 4.03. The molecule has 0 atom stereocenters. The lowest BCUT2D eigenvalue weighted by atomic mass is 10.2. The standard InChI is InChI=1S/C18H20N8O2/c1-24-11-14(21-23-24)18(27)26-8-6-25(7-9-26)15-5-4-13(10-19-15)16-20-17(28-22-16)12-2-3-12/h4-5,10-12H,2-3,6-9H2,1H3. The molecule has 2 fully saturated rings. The van der Waals surface area contributed by atoms with Gasteiger partial charge in [-0.15, -0.1) is 5.10 Å². The average molecular weight is 380 g/mol. The minimum Gasteiger partial charge on any atom is -0.353 e. The Morgan fingerprint density at radius 3 is 2.64 bits per heavy atom. The number of amides is 1. The lowest BCUT2D eigenvalue weighted by Gasteiger charge is -2.35. The first-order valence-electron chi connectivity index (χ1n) is 9.38. The Morgan fingerprint density at radius 1 is 1.18 bits per heavy atom. The summed E-state index contributed by atoms with van der Waals surface area (Å²) in [5.74, 6) is 2.54. The zero-order chi connectivity index (χ0) is 19.1. The SMILES string of the molecule is Cn1cc(C(=O)N2CCN(c3ccc(-c4noc(C5CC5)n4)cn3)CC2)nn1. The molecule has 0 radical (unpaired) electrons. The molecule has 0 aromatic carbocycles. The fraction of sp³-hybridized carbons (Fsp3) is 0.444. The predicted octanol–water partition coefficient (Wildman–Crippen LogP) is 1.10. The van der Waals surface area contributed by atoms with Crippen LogP contribution in [0.4, 0.5) is 5.82 Å². The predicted molar refractivity (Wildman–Crippen MR) is 98.6 cm³/mol. The van der Waals surface area contributed by atoms with E-state index in [4.69, 9.17) is 4.52 Å². The molecule has 10 heteroatoms. The van der Waals surface area contributed by atoms with E-state index < -0.39 is 0 Å². The molecular formula is C18H20N8O2. The van der Waals surface area contributed by atoms with E-state index in [1.165, 1.54) is 4.68 Å². The molecule has 28 heavy (non-hydrogen) atoms. The number of nitrogens with zero attached hydrogens (tertiary/aromatic N) is 8. The first-order valence-corrected chi connectivity index (χ1v) is 9.38. The highest BCUT2D eigenvalue weighted by molar-refractivity contribution is 5.92. The topological polar surface area (TPSA) is 106 Å². The first kappa shape index (κ1) is 16.8. The quantitative estimate of drug-likeness (QED) is 0.662. The van der Waals surface area contributed by atoms with Crippen molar-refractivity contribution in [3.05, 3.63) is 36.1 Å². The van der Waals surface area contributed by atoms with E-state index in [-0.39, 0.29) is 5.91 Å². The highest BCUT2D eigenvalue weighted by Crippen LogP contribution is 2.39. The number of piperazine rings is 1. The van der Waals surface area contributed by atoms with Gasteiger partial charge in [0.25, 0.3) is 5.91 Å². The molecule has 4 heterocycles. The zero-order valence-electron chi connectivity index (χ0n) is 15.5. The summed E-state index contributed by atoms with van der Waals surface area (Å²) in [7, 11) is 1.75. The molecule has 1 aliphatic carbocycles. The maximum absolute atomic E-state index is 12.5. The molecule has 0 spiro atoms. The Labute approximate surface area is 161 Å². The van der Waals surface area contributed by atoms with E-state index in [1.807, 2.05) is 12.1 Å². The van der Waals surface area contributed by atoms with Crippen molar-refractivity contribution in [2.45, 2.75) is 18.8 Å². The molecule has 0 bridgehead atoms. The third kappa shape index (κ3) is 3.21. The lowest BCUT2D eigenvalue weighted by Crippen LogP contribution is -2.49. The highest BCUT2D eigenvalue weighted by Gasteiger charge is 2.30. The maximum Gasteiger partial charge on any atom is 0.276 e. The van der Waals surface area contributed by atoms with Crippen LogP contribution in [-0.2, 0) is 7.05 Å². The van der Waals surface area contributed by atoms with E-state index in [1.54, 1.807) is 24.3 Å². The third-order valence-electron chi connectivity index (χ3n) is 5.09. The van der Waals surface area contributed by atoms with Crippen LogP contribution in [0.25, 0.3) is 11.4 Å². The van der Waals surface area contributed by atoms with E-state index in [2.05, 4.69) is 30.3 Å². The van der Waals surface area contributed by atoms with Crippen LogP contribution in [-0.4, -0.2) is 67.1 Å². The second-order valence-corrected chi connectivity index (χ2v) is 7.19. The molecule has 0 unspecified atom stereocenters. The summed E-state index contributed by atoms with van der Waals surface area (Å²) in [5.41, 5.74) is 1.22. The van der Waals surface area contributed by atoms with Crippen LogP contribution in [0.2, 0.25) is 0 Å². The second kappa shape index (κ2) is 6.70. The molecule has 2 aliphatic rings. The van der Waals surface area contributed by atoms with Crippen molar-refractivity contribution in [2.75, 3.05) is 31.1 Å². The van der Waals surface area contributed by atoms with Crippen molar-refractivity contribution in [3.63, 3.8) is 0 Å². The smallest absolute Gasteiger partial charge is 0.276 e. The van der Waals surface area contributed by atoms with Crippen LogP contribution < -0.4 is 4.90 Å². The molecule has 3 aromatic heterocycles. The van der Waals surface area contributed by atoms with Gasteiger partial charge in [-0.3, -0.25) is 9.48 Å². The number of aromatic nitrogens is 6. The molecule has 10 nitrogen and oxygen atoms in total. The number of aryl methyl sites for hydroxylation is 1. The summed E-state index contributed by atoms with van der Waals surface area (Å²) >= 11 is 0. The number of carbonyl (C=O) groups is 1. The van der Waals surface area contributed by atoms with Crippen LogP contribution in [0.15, 0.2) is 29.0 Å². The van der Waals surface area contributed by atoms with Gasteiger partial charge in [-0.05, 0) is 25.0 Å². The summed E-state index contributed by atoms with van der Waals surface area (Å²) in [6.07, 6.45) is 5.67. The van der Waals surface area contributed by atoms with Crippen molar-refractivity contribution in [1.29, 1.82) is 0 Å². The molecule has 3 aromatic rings. The van der Waals surface area contributed by atoms with Gasteiger partial charge in [-0.1, -0.05) is 10.4 Å². The van der Waals surface area contributed by atoms with Gasteiger partial charge in [-0.2, -0.15) is 4.98 Å². The van der Waals surface area contributed by atoms with Gasteiger partial charge in [0.15, 0.2) is 5.69 Å². The number of anilines is 1. The van der Waals surface area contributed by atoms with Gasteiger partial charge in [0.05, 0.1) is 6.20 Å². The van der Waals surface area contributed by atoms with E-state index in [9.17, 15) is 4.79 Å². The maximum atomic E-state index is 12.5. The van der Waals surface area contributed by atoms with Crippen molar-refractivity contribution < 1.29 is 9.32 Å². The molecule has 0 N–H and O–H groups in total. The molecule has 5 rings (SSSR count). The minimum absolute atomic E-state index is 0.0837. The second-order valence-electron chi connectivity index (χ2n) is 7.19. The fourth-order valence-electron chi connectivity index (χ4n) is 3.30. The summed E-state index contributed by atoms with van der Waals surface area (Å²) in [4.78, 5) is 25.4. The summed E-state index contributed by atoms with van der Waals surface area (Å²) in [5, 5.41) is 11.8. The zero-order valence-corrected chi connectivity index (χ0v) is 15.5. The number of rotatable bonds is 4. The number of carbonyl (C=O) groups excluding carboxylic acids is 1. The average Bonchev–Trinajstić information content (AvgIpc) is 3.30. The van der Waals surface area contributed by atoms with Crippen LogP contribution in [0.1, 0.15) is 35.1 Å². The molecule has 1 saturated carbocycles. The number of hydrogen-bond acceptors (Lipinski definition) is 8. The van der Waals surface area contributed by atoms with Gasteiger partial charge >= 0.3 is 0 Å². The van der Waals surface area contributed by atoms with E-state index >= 15 is 0 Å². The van der Waals surface area contributed by atoms with Crippen molar-refractivity contribution in [2.24, 2.45) is 7.05 Å². The molecule has 144 valence electrons. The van der Waals surface area contributed by atoms with Crippen molar-refractivity contribution in [1.82, 2.24) is 35.0 Å². The van der Waals surface area contributed by atoms with Gasteiger partial charge in [0.2, 0.25) is 11.7 Å². The number of pyridine rings is 1. The van der Waals surface area contributed by atoms with Gasteiger partial charge in [0, 0.05) is 50.9 Å². The minimum atomic E-state index is -0.0837. The monoisotopic (exact) mass is 380 g/mol. The molecular weight excluding hydrogens is 360 g/mol. The Bertz CT molecular complexity index is 983. The van der Waals surface area contributed by atoms with E-state index in [0.29, 0.717) is 43.6 Å². The lowest BCUT2D eigenvalue weighted by molar-refractivity contribution is 0.0740. The molecule has 1 aliphatic heterocycles. The highest BCUT2D eigenvalue weighted by atomic mass is 16.5. The summed E-state index contributed by atoms with van der Waals surface area (Å²) in [6, 6.07) is 3.92. The fourth-order valence-corrected chi connectivity index (χ4v) is 3.30.